The molecule has 1 aliphatic rings. The van der Waals surface area contributed by atoms with Gasteiger partial charge in [0.15, 0.2) is 0 Å². The summed E-state index contributed by atoms with van der Waals surface area (Å²) in [6.45, 7) is 9.39. The molecule has 1 fully saturated rings. The molecule has 1 rings (SSSR count). The molecule has 0 radical (unpaired) electrons. The van der Waals surface area contributed by atoms with E-state index < -0.39 is 0 Å². The van der Waals surface area contributed by atoms with Crippen LogP contribution in [0.15, 0.2) is 0 Å². The minimum Gasteiger partial charge on any atom is -0.377 e. The Morgan fingerprint density at radius 1 is 1.33 bits per heavy atom. The van der Waals surface area contributed by atoms with Crippen LogP contribution in [0.25, 0.3) is 0 Å². The first-order chi connectivity index (χ1) is 7.09. The second-order valence-electron chi connectivity index (χ2n) is 4.93. The molecule has 0 heterocycles. The Bertz CT molecular complexity index is 169. The Labute approximate surface area is 94.2 Å². The highest BCUT2D eigenvalue weighted by molar-refractivity contribution is 4.82. The summed E-state index contributed by atoms with van der Waals surface area (Å²) in [5, 5.41) is 3.55. The number of hydrogen-bond acceptors (Lipinski definition) is 3. The second-order valence-corrected chi connectivity index (χ2v) is 4.93. The number of likely N-dealkylation sites (N-methyl/N-ethyl adjacent to an activating group) is 1. The fraction of sp³-hybridized carbons (Fsp3) is 1.00. The van der Waals surface area contributed by atoms with Crippen LogP contribution in [0.1, 0.15) is 33.6 Å². The Kier molecular flexibility index (Phi) is 5.58. The van der Waals surface area contributed by atoms with E-state index in [1.54, 1.807) is 0 Å². The molecule has 0 aliphatic heterocycles. The van der Waals surface area contributed by atoms with Crippen molar-refractivity contribution in [2.24, 2.45) is 0 Å². The van der Waals surface area contributed by atoms with Crippen molar-refractivity contribution in [1.29, 1.82) is 0 Å². The maximum Gasteiger partial charge on any atom is 0.0596 e. The number of hydrogen-bond donors (Lipinski definition) is 1. The van der Waals surface area contributed by atoms with Crippen molar-refractivity contribution in [3.63, 3.8) is 0 Å². The molecule has 15 heavy (non-hydrogen) atoms. The summed E-state index contributed by atoms with van der Waals surface area (Å²) >= 11 is 0. The average molecular weight is 214 g/mol. The van der Waals surface area contributed by atoms with E-state index in [1.807, 2.05) is 0 Å². The first-order valence-electron chi connectivity index (χ1n) is 6.15. The van der Waals surface area contributed by atoms with E-state index in [0.717, 1.165) is 25.7 Å². The van der Waals surface area contributed by atoms with Gasteiger partial charge in [-0.2, -0.15) is 0 Å². The zero-order valence-corrected chi connectivity index (χ0v) is 10.6. The van der Waals surface area contributed by atoms with Crippen LogP contribution in [0.4, 0.5) is 0 Å². The van der Waals surface area contributed by atoms with Crippen molar-refractivity contribution in [2.45, 2.75) is 51.8 Å². The smallest absolute Gasteiger partial charge is 0.0596 e. The van der Waals surface area contributed by atoms with Crippen LogP contribution in [0.2, 0.25) is 0 Å². The molecule has 3 heteroatoms. The summed E-state index contributed by atoms with van der Waals surface area (Å²) in [7, 11) is 2.17. The number of nitrogens with zero attached hydrogens (tertiary/aromatic N) is 1. The van der Waals surface area contributed by atoms with Gasteiger partial charge in [-0.3, -0.25) is 0 Å². The van der Waals surface area contributed by atoms with Gasteiger partial charge < -0.3 is 15.0 Å². The molecular weight excluding hydrogens is 188 g/mol. The van der Waals surface area contributed by atoms with E-state index in [1.165, 1.54) is 12.8 Å². The number of ether oxygens (including phenoxy) is 1. The highest BCUT2D eigenvalue weighted by Crippen LogP contribution is 2.18. The maximum absolute atomic E-state index is 5.54. The van der Waals surface area contributed by atoms with Gasteiger partial charge in [0.1, 0.15) is 0 Å². The number of rotatable bonds is 8. The van der Waals surface area contributed by atoms with Crippen LogP contribution < -0.4 is 5.32 Å². The van der Waals surface area contributed by atoms with Gasteiger partial charge in [0, 0.05) is 25.2 Å². The molecule has 0 spiro atoms. The van der Waals surface area contributed by atoms with Crippen LogP contribution in [-0.2, 0) is 4.74 Å². The van der Waals surface area contributed by atoms with Crippen LogP contribution >= 0.6 is 0 Å². The topological polar surface area (TPSA) is 24.5 Å². The molecule has 1 atom stereocenters. The molecule has 0 aromatic carbocycles. The van der Waals surface area contributed by atoms with E-state index in [2.05, 4.69) is 38.0 Å². The lowest BCUT2D eigenvalue weighted by Crippen LogP contribution is -2.40. The Balaban J connectivity index is 2.00. The summed E-state index contributed by atoms with van der Waals surface area (Å²) in [6, 6.07) is 1.41. The highest BCUT2D eigenvalue weighted by atomic mass is 16.5. The van der Waals surface area contributed by atoms with Gasteiger partial charge in [-0.1, -0.05) is 0 Å². The Morgan fingerprint density at radius 3 is 2.53 bits per heavy atom. The van der Waals surface area contributed by atoms with Crippen molar-refractivity contribution in [2.75, 3.05) is 26.7 Å². The van der Waals surface area contributed by atoms with Crippen LogP contribution in [0.3, 0.4) is 0 Å². The summed E-state index contributed by atoms with van der Waals surface area (Å²) in [5.74, 6) is 0. The van der Waals surface area contributed by atoms with Crippen molar-refractivity contribution in [3.05, 3.63) is 0 Å². The molecule has 1 saturated carbocycles. The molecule has 3 nitrogen and oxygen atoms in total. The van der Waals surface area contributed by atoms with Gasteiger partial charge in [-0.25, -0.2) is 0 Å². The second kappa shape index (κ2) is 6.46. The lowest BCUT2D eigenvalue weighted by atomic mass is 10.3. The fourth-order valence-corrected chi connectivity index (χ4v) is 1.43. The summed E-state index contributed by atoms with van der Waals surface area (Å²) < 4.78 is 5.54. The SMILES string of the molecule is CC(C)OCCN(C)C(C)CNC1CC1. The largest absolute Gasteiger partial charge is 0.377 e. The highest BCUT2D eigenvalue weighted by Gasteiger charge is 2.21. The maximum atomic E-state index is 5.54. The molecular formula is C12H26N2O. The van der Waals surface area contributed by atoms with Crippen molar-refractivity contribution in [3.8, 4) is 0 Å². The molecule has 0 aromatic rings. The zero-order chi connectivity index (χ0) is 11.3. The molecule has 1 unspecified atom stereocenters. The third-order valence-electron chi connectivity index (χ3n) is 2.93. The molecule has 0 bridgehead atoms. The standard InChI is InChI=1S/C12H26N2O/c1-10(2)15-8-7-14(4)11(3)9-13-12-5-6-12/h10-13H,5-9H2,1-4H3. The minimum atomic E-state index is 0.346. The Hall–Kier alpha value is -0.120. The van der Waals surface area contributed by atoms with E-state index in [0.29, 0.717) is 12.1 Å². The van der Waals surface area contributed by atoms with Gasteiger partial charge in [0.2, 0.25) is 0 Å². The van der Waals surface area contributed by atoms with Gasteiger partial charge in [0.05, 0.1) is 12.7 Å². The van der Waals surface area contributed by atoms with Crippen LogP contribution in [0, 0.1) is 0 Å². The molecule has 1 aliphatic carbocycles. The first kappa shape index (κ1) is 12.9. The van der Waals surface area contributed by atoms with Crippen molar-refractivity contribution in [1.82, 2.24) is 10.2 Å². The molecule has 1 N–H and O–H groups in total. The third-order valence-corrected chi connectivity index (χ3v) is 2.93. The van der Waals surface area contributed by atoms with Gasteiger partial charge in [-0.05, 0) is 40.7 Å². The monoisotopic (exact) mass is 214 g/mol. The molecule has 0 aromatic heterocycles. The van der Waals surface area contributed by atoms with Gasteiger partial charge in [-0.15, -0.1) is 0 Å². The fourth-order valence-electron chi connectivity index (χ4n) is 1.43. The third kappa shape index (κ3) is 6.13. The Morgan fingerprint density at radius 2 is 2.00 bits per heavy atom. The predicted molar refractivity (Wildman–Crippen MR) is 64.2 cm³/mol. The van der Waals surface area contributed by atoms with Gasteiger partial charge >= 0.3 is 0 Å². The summed E-state index contributed by atoms with van der Waals surface area (Å²) in [5.41, 5.74) is 0. The lowest BCUT2D eigenvalue weighted by Gasteiger charge is -2.25. The van der Waals surface area contributed by atoms with Gasteiger partial charge in [0.25, 0.3) is 0 Å². The minimum absolute atomic E-state index is 0.346. The quantitative estimate of drug-likeness (QED) is 0.662. The first-order valence-corrected chi connectivity index (χ1v) is 6.15. The molecule has 0 amide bonds. The van der Waals surface area contributed by atoms with E-state index >= 15 is 0 Å². The predicted octanol–water partition coefficient (Wildman–Crippen LogP) is 1.48. The summed E-state index contributed by atoms with van der Waals surface area (Å²) in [6.07, 6.45) is 3.08. The normalized spacial score (nSPS) is 18.8. The molecule has 90 valence electrons. The van der Waals surface area contributed by atoms with Crippen molar-refractivity contribution >= 4 is 0 Å². The zero-order valence-electron chi connectivity index (χ0n) is 10.6. The van der Waals surface area contributed by atoms with Crippen LogP contribution in [-0.4, -0.2) is 49.8 Å². The van der Waals surface area contributed by atoms with Crippen LogP contribution in [0.5, 0.6) is 0 Å². The van der Waals surface area contributed by atoms with E-state index in [4.69, 9.17) is 4.74 Å². The van der Waals surface area contributed by atoms with E-state index in [9.17, 15) is 0 Å². The summed E-state index contributed by atoms with van der Waals surface area (Å²) in [4.78, 5) is 2.36. The van der Waals surface area contributed by atoms with E-state index in [-0.39, 0.29) is 0 Å². The van der Waals surface area contributed by atoms with Crippen molar-refractivity contribution < 1.29 is 4.74 Å². The number of nitrogens with one attached hydrogen (secondary N) is 1. The average Bonchev–Trinajstić information content (AvgIpc) is 2.96. The lowest BCUT2D eigenvalue weighted by molar-refractivity contribution is 0.0573. The molecule has 0 saturated heterocycles.